The highest BCUT2D eigenvalue weighted by atomic mass is 32.1. The molecule has 2 saturated carbocycles. The Bertz CT molecular complexity index is 434. The van der Waals surface area contributed by atoms with Crippen molar-refractivity contribution >= 4 is 17.3 Å². The molecule has 2 fully saturated rings. The molecule has 0 unspecified atom stereocenters. The SMILES string of the molecule is S=C(NCCc1ccccn1)N[C@H]1C[C@@H]2CC[C@@H]1C2. The van der Waals surface area contributed by atoms with Crippen molar-refractivity contribution in [3.63, 3.8) is 0 Å². The van der Waals surface area contributed by atoms with Gasteiger partial charge in [0.15, 0.2) is 5.11 Å². The molecule has 0 radical (unpaired) electrons. The van der Waals surface area contributed by atoms with E-state index in [1.807, 2.05) is 24.4 Å². The van der Waals surface area contributed by atoms with Crippen molar-refractivity contribution in [1.29, 1.82) is 0 Å². The number of hydrogen-bond donors (Lipinski definition) is 2. The van der Waals surface area contributed by atoms with E-state index in [9.17, 15) is 0 Å². The first-order valence-electron chi connectivity index (χ1n) is 7.25. The van der Waals surface area contributed by atoms with Crippen LogP contribution in [0, 0.1) is 11.8 Å². The van der Waals surface area contributed by atoms with Gasteiger partial charge in [-0.2, -0.15) is 0 Å². The maximum absolute atomic E-state index is 5.38. The Morgan fingerprint density at radius 3 is 2.95 bits per heavy atom. The highest BCUT2D eigenvalue weighted by molar-refractivity contribution is 7.80. The van der Waals surface area contributed by atoms with Gasteiger partial charge in [0, 0.05) is 30.9 Å². The first-order valence-corrected chi connectivity index (χ1v) is 7.66. The predicted molar refractivity (Wildman–Crippen MR) is 80.9 cm³/mol. The maximum Gasteiger partial charge on any atom is 0.166 e. The zero-order chi connectivity index (χ0) is 13.1. The van der Waals surface area contributed by atoms with E-state index in [2.05, 4.69) is 15.6 Å². The van der Waals surface area contributed by atoms with Crippen LogP contribution in [0.3, 0.4) is 0 Å². The van der Waals surface area contributed by atoms with E-state index in [0.717, 1.165) is 35.6 Å². The van der Waals surface area contributed by atoms with Crippen molar-refractivity contribution < 1.29 is 0 Å². The molecule has 0 amide bonds. The molecule has 1 aromatic heterocycles. The topological polar surface area (TPSA) is 37.0 Å². The van der Waals surface area contributed by atoms with Crippen LogP contribution < -0.4 is 10.6 Å². The molecule has 0 spiro atoms. The number of aromatic nitrogens is 1. The summed E-state index contributed by atoms with van der Waals surface area (Å²) >= 11 is 5.38. The fourth-order valence-electron chi connectivity index (χ4n) is 3.49. The van der Waals surface area contributed by atoms with Crippen LogP contribution in [0.1, 0.15) is 31.4 Å². The lowest BCUT2D eigenvalue weighted by molar-refractivity contribution is 0.389. The van der Waals surface area contributed by atoms with Crippen LogP contribution >= 0.6 is 12.2 Å². The minimum Gasteiger partial charge on any atom is -0.362 e. The predicted octanol–water partition coefficient (Wildman–Crippen LogP) is 2.28. The molecule has 3 rings (SSSR count). The normalized spacial score (nSPS) is 28.3. The highest BCUT2D eigenvalue weighted by Crippen LogP contribution is 2.44. The van der Waals surface area contributed by atoms with Gasteiger partial charge in [-0.05, 0) is 55.4 Å². The Labute approximate surface area is 120 Å². The van der Waals surface area contributed by atoms with Crippen molar-refractivity contribution in [3.05, 3.63) is 30.1 Å². The molecular formula is C15H21N3S. The lowest BCUT2D eigenvalue weighted by Crippen LogP contribution is -2.44. The number of rotatable bonds is 4. The summed E-state index contributed by atoms with van der Waals surface area (Å²) < 4.78 is 0. The van der Waals surface area contributed by atoms with Crippen LogP contribution in [-0.4, -0.2) is 22.7 Å². The third-order valence-corrected chi connectivity index (χ3v) is 4.71. The van der Waals surface area contributed by atoms with Gasteiger partial charge in [-0.25, -0.2) is 0 Å². The van der Waals surface area contributed by atoms with Gasteiger partial charge in [-0.1, -0.05) is 12.5 Å². The molecule has 19 heavy (non-hydrogen) atoms. The van der Waals surface area contributed by atoms with E-state index in [1.54, 1.807) is 0 Å². The number of thiocarbonyl (C=S) groups is 1. The molecule has 4 heteroatoms. The minimum absolute atomic E-state index is 0.619. The van der Waals surface area contributed by atoms with Gasteiger partial charge >= 0.3 is 0 Å². The van der Waals surface area contributed by atoms with E-state index in [-0.39, 0.29) is 0 Å². The Morgan fingerprint density at radius 2 is 2.26 bits per heavy atom. The summed E-state index contributed by atoms with van der Waals surface area (Å²) in [7, 11) is 0. The summed E-state index contributed by atoms with van der Waals surface area (Å²) in [5.41, 5.74) is 1.11. The van der Waals surface area contributed by atoms with Gasteiger partial charge in [-0.3, -0.25) is 4.98 Å². The number of nitrogens with one attached hydrogen (secondary N) is 2. The van der Waals surface area contributed by atoms with Crippen molar-refractivity contribution in [2.45, 2.75) is 38.1 Å². The first kappa shape index (κ1) is 12.9. The Hall–Kier alpha value is -1.16. The molecule has 2 bridgehead atoms. The molecule has 3 atom stereocenters. The Kier molecular flexibility index (Phi) is 3.97. The zero-order valence-corrected chi connectivity index (χ0v) is 12.0. The number of fused-ring (bicyclic) bond motifs is 2. The van der Waals surface area contributed by atoms with E-state index in [0.29, 0.717) is 6.04 Å². The molecule has 1 aromatic rings. The summed E-state index contributed by atoms with van der Waals surface area (Å²) in [5.74, 6) is 1.82. The molecule has 0 aromatic carbocycles. The van der Waals surface area contributed by atoms with Gasteiger partial charge in [0.25, 0.3) is 0 Å². The molecule has 2 N–H and O–H groups in total. The van der Waals surface area contributed by atoms with Crippen molar-refractivity contribution in [2.24, 2.45) is 11.8 Å². The zero-order valence-electron chi connectivity index (χ0n) is 11.1. The smallest absolute Gasteiger partial charge is 0.166 e. The fourth-order valence-corrected chi connectivity index (χ4v) is 3.74. The molecule has 2 aliphatic rings. The van der Waals surface area contributed by atoms with Gasteiger partial charge in [0.05, 0.1) is 0 Å². The molecule has 3 nitrogen and oxygen atoms in total. The van der Waals surface area contributed by atoms with E-state index in [4.69, 9.17) is 12.2 Å². The average Bonchev–Trinajstić information content (AvgIpc) is 3.02. The largest absolute Gasteiger partial charge is 0.362 e. The fraction of sp³-hybridized carbons (Fsp3) is 0.600. The molecule has 0 saturated heterocycles. The van der Waals surface area contributed by atoms with Crippen LogP contribution in [0.5, 0.6) is 0 Å². The van der Waals surface area contributed by atoms with Crippen LogP contribution in [0.2, 0.25) is 0 Å². The molecular weight excluding hydrogens is 254 g/mol. The molecule has 2 aliphatic carbocycles. The second kappa shape index (κ2) is 5.87. The van der Waals surface area contributed by atoms with Crippen molar-refractivity contribution in [2.75, 3.05) is 6.54 Å². The van der Waals surface area contributed by atoms with Crippen molar-refractivity contribution in [3.8, 4) is 0 Å². The monoisotopic (exact) mass is 275 g/mol. The Morgan fingerprint density at radius 1 is 1.32 bits per heavy atom. The van der Waals surface area contributed by atoms with Crippen molar-refractivity contribution in [1.82, 2.24) is 15.6 Å². The standard InChI is InChI=1S/C15H21N3S/c19-15(17-8-6-13-3-1-2-7-16-13)18-14-10-11-4-5-12(14)9-11/h1-3,7,11-12,14H,4-6,8-10H2,(H2,17,18,19)/t11-,12-,14+/m1/s1. The van der Waals surface area contributed by atoms with Crippen LogP contribution in [0.4, 0.5) is 0 Å². The lowest BCUT2D eigenvalue weighted by atomic mass is 9.96. The summed E-state index contributed by atoms with van der Waals surface area (Å²) in [6, 6.07) is 6.63. The van der Waals surface area contributed by atoms with Crippen LogP contribution in [0.25, 0.3) is 0 Å². The van der Waals surface area contributed by atoms with Gasteiger partial charge in [0.1, 0.15) is 0 Å². The molecule has 1 heterocycles. The summed E-state index contributed by atoms with van der Waals surface area (Å²) in [4.78, 5) is 4.31. The third kappa shape index (κ3) is 3.24. The van der Waals surface area contributed by atoms with E-state index in [1.165, 1.54) is 25.7 Å². The highest BCUT2D eigenvalue weighted by Gasteiger charge is 2.39. The van der Waals surface area contributed by atoms with Gasteiger partial charge in [-0.15, -0.1) is 0 Å². The van der Waals surface area contributed by atoms with E-state index < -0.39 is 0 Å². The Balaban J connectivity index is 1.38. The number of hydrogen-bond acceptors (Lipinski definition) is 2. The number of nitrogens with zero attached hydrogens (tertiary/aromatic N) is 1. The quantitative estimate of drug-likeness (QED) is 0.827. The average molecular weight is 275 g/mol. The number of pyridine rings is 1. The maximum atomic E-state index is 5.38. The summed E-state index contributed by atoms with van der Waals surface area (Å²) in [5, 5.41) is 7.61. The second-order valence-corrected chi connectivity index (χ2v) is 6.16. The van der Waals surface area contributed by atoms with Gasteiger partial charge < -0.3 is 10.6 Å². The molecule has 102 valence electrons. The lowest BCUT2D eigenvalue weighted by Gasteiger charge is -2.24. The third-order valence-electron chi connectivity index (χ3n) is 4.45. The molecule has 0 aliphatic heterocycles. The van der Waals surface area contributed by atoms with Crippen LogP contribution in [0.15, 0.2) is 24.4 Å². The van der Waals surface area contributed by atoms with Gasteiger partial charge in [0.2, 0.25) is 0 Å². The second-order valence-electron chi connectivity index (χ2n) is 5.75. The van der Waals surface area contributed by atoms with Crippen LogP contribution in [-0.2, 0) is 6.42 Å². The van der Waals surface area contributed by atoms with E-state index >= 15 is 0 Å². The first-order chi connectivity index (χ1) is 9.31. The minimum atomic E-state index is 0.619. The summed E-state index contributed by atoms with van der Waals surface area (Å²) in [6.07, 6.45) is 8.29. The summed E-state index contributed by atoms with van der Waals surface area (Å²) in [6.45, 7) is 0.851.